The smallest absolute Gasteiger partial charge is 0.253 e. The lowest BCUT2D eigenvalue weighted by molar-refractivity contribution is 0.0342. The van der Waals surface area contributed by atoms with Crippen LogP contribution in [0.4, 0.5) is 0 Å². The third-order valence-electron chi connectivity index (χ3n) is 4.99. The van der Waals surface area contributed by atoms with Crippen molar-refractivity contribution in [3.8, 4) is 0 Å². The van der Waals surface area contributed by atoms with E-state index in [-0.39, 0.29) is 5.91 Å². The molecule has 0 saturated carbocycles. The first kappa shape index (κ1) is 18.4. The van der Waals surface area contributed by atoms with E-state index < -0.39 is 0 Å². The summed E-state index contributed by atoms with van der Waals surface area (Å²) in [6.07, 6.45) is 0. The first-order valence-corrected chi connectivity index (χ1v) is 9.52. The molecule has 2 aliphatic rings. The SMILES string of the molecule is CC(C)CN1CCN(C(=O)c2ccc(CN3CCOCC3)cc2)CC1. The molecule has 0 bridgehead atoms. The lowest BCUT2D eigenvalue weighted by Gasteiger charge is -2.35. The summed E-state index contributed by atoms with van der Waals surface area (Å²) < 4.78 is 5.39. The summed E-state index contributed by atoms with van der Waals surface area (Å²) in [5, 5.41) is 0. The Labute approximate surface area is 151 Å². The van der Waals surface area contributed by atoms with Gasteiger partial charge in [-0.05, 0) is 23.6 Å². The van der Waals surface area contributed by atoms with E-state index in [1.54, 1.807) is 0 Å². The number of amides is 1. The van der Waals surface area contributed by atoms with Crippen LogP contribution < -0.4 is 0 Å². The lowest BCUT2D eigenvalue weighted by atomic mass is 10.1. The van der Waals surface area contributed by atoms with Crippen molar-refractivity contribution in [3.05, 3.63) is 35.4 Å². The Morgan fingerprint density at radius 1 is 0.960 bits per heavy atom. The van der Waals surface area contributed by atoms with E-state index in [1.165, 1.54) is 5.56 Å². The quantitative estimate of drug-likeness (QED) is 0.817. The zero-order valence-corrected chi connectivity index (χ0v) is 15.6. The average Bonchev–Trinajstić information content (AvgIpc) is 2.63. The van der Waals surface area contributed by atoms with Gasteiger partial charge in [0.2, 0.25) is 0 Å². The highest BCUT2D eigenvalue weighted by atomic mass is 16.5. The van der Waals surface area contributed by atoms with Crippen LogP contribution in [-0.2, 0) is 11.3 Å². The fraction of sp³-hybridized carbons (Fsp3) is 0.650. The van der Waals surface area contributed by atoms with Crippen molar-refractivity contribution >= 4 is 5.91 Å². The second kappa shape index (κ2) is 8.79. The topological polar surface area (TPSA) is 36.0 Å². The van der Waals surface area contributed by atoms with Crippen LogP contribution in [0.5, 0.6) is 0 Å². The fourth-order valence-electron chi connectivity index (χ4n) is 3.60. The van der Waals surface area contributed by atoms with Crippen LogP contribution in [0.1, 0.15) is 29.8 Å². The normalized spacial score (nSPS) is 20.2. The van der Waals surface area contributed by atoms with Gasteiger partial charge in [0.25, 0.3) is 5.91 Å². The molecule has 0 atom stereocenters. The minimum atomic E-state index is 0.169. The number of carbonyl (C=O) groups excluding carboxylic acids is 1. The standard InChI is InChI=1S/C20H31N3O2/c1-17(2)15-21-7-9-23(10-8-21)20(24)19-5-3-18(4-6-19)16-22-11-13-25-14-12-22/h3-6,17H,7-16H2,1-2H3. The summed E-state index contributed by atoms with van der Waals surface area (Å²) in [5.74, 6) is 0.850. The third-order valence-corrected chi connectivity index (χ3v) is 4.99. The maximum Gasteiger partial charge on any atom is 0.253 e. The van der Waals surface area contributed by atoms with E-state index in [0.29, 0.717) is 5.92 Å². The zero-order valence-electron chi connectivity index (χ0n) is 15.6. The number of ether oxygens (including phenoxy) is 1. The Morgan fingerprint density at radius 3 is 2.20 bits per heavy atom. The van der Waals surface area contributed by atoms with Gasteiger partial charge in [0.15, 0.2) is 0 Å². The van der Waals surface area contributed by atoms with Gasteiger partial charge in [-0.25, -0.2) is 0 Å². The number of morpholine rings is 1. The van der Waals surface area contributed by atoms with Crippen LogP contribution in [-0.4, -0.2) is 79.6 Å². The molecule has 5 heteroatoms. The molecular formula is C20H31N3O2. The lowest BCUT2D eigenvalue weighted by Crippen LogP contribution is -2.49. The molecule has 1 amide bonds. The Morgan fingerprint density at radius 2 is 1.60 bits per heavy atom. The molecule has 3 rings (SSSR count). The number of benzene rings is 1. The Bertz CT molecular complexity index is 545. The number of piperazine rings is 1. The average molecular weight is 345 g/mol. The summed E-state index contributed by atoms with van der Waals surface area (Å²) in [7, 11) is 0. The Kier molecular flexibility index (Phi) is 6.45. The molecule has 2 fully saturated rings. The molecule has 1 aromatic carbocycles. The summed E-state index contributed by atoms with van der Waals surface area (Å²) in [6.45, 7) is 13.8. The summed E-state index contributed by atoms with van der Waals surface area (Å²) in [6, 6.07) is 8.16. The van der Waals surface area contributed by atoms with E-state index in [9.17, 15) is 4.79 Å². The Balaban J connectivity index is 1.51. The maximum absolute atomic E-state index is 12.7. The van der Waals surface area contributed by atoms with Crippen molar-refractivity contribution < 1.29 is 9.53 Å². The summed E-state index contributed by atoms with van der Waals surface area (Å²) in [5.41, 5.74) is 2.07. The molecule has 2 aliphatic heterocycles. The molecule has 0 aromatic heterocycles. The van der Waals surface area contributed by atoms with Crippen LogP contribution >= 0.6 is 0 Å². The highest BCUT2D eigenvalue weighted by molar-refractivity contribution is 5.94. The van der Waals surface area contributed by atoms with Crippen LogP contribution in [0.25, 0.3) is 0 Å². The third kappa shape index (κ3) is 5.27. The van der Waals surface area contributed by atoms with Crippen LogP contribution in [0.2, 0.25) is 0 Å². The minimum Gasteiger partial charge on any atom is -0.379 e. The number of nitrogens with zero attached hydrogens (tertiary/aromatic N) is 3. The van der Waals surface area contributed by atoms with Crippen molar-refractivity contribution in [1.29, 1.82) is 0 Å². The van der Waals surface area contributed by atoms with Gasteiger partial charge >= 0.3 is 0 Å². The van der Waals surface area contributed by atoms with Crippen LogP contribution in [0.15, 0.2) is 24.3 Å². The van der Waals surface area contributed by atoms with Crippen LogP contribution in [0, 0.1) is 5.92 Å². The Hall–Kier alpha value is -1.43. The molecule has 0 spiro atoms. The molecule has 25 heavy (non-hydrogen) atoms. The highest BCUT2D eigenvalue weighted by Crippen LogP contribution is 2.13. The van der Waals surface area contributed by atoms with Gasteiger partial charge in [0.1, 0.15) is 0 Å². The van der Waals surface area contributed by atoms with Gasteiger partial charge in [0, 0.05) is 57.9 Å². The van der Waals surface area contributed by atoms with Gasteiger partial charge < -0.3 is 9.64 Å². The van der Waals surface area contributed by atoms with Crippen molar-refractivity contribution in [2.45, 2.75) is 20.4 Å². The van der Waals surface area contributed by atoms with Crippen molar-refractivity contribution in [3.63, 3.8) is 0 Å². The van der Waals surface area contributed by atoms with Crippen molar-refractivity contribution in [1.82, 2.24) is 14.7 Å². The minimum absolute atomic E-state index is 0.169. The predicted octanol–water partition coefficient (Wildman–Crippen LogP) is 1.93. The van der Waals surface area contributed by atoms with Gasteiger partial charge in [-0.2, -0.15) is 0 Å². The highest BCUT2D eigenvalue weighted by Gasteiger charge is 2.22. The second-order valence-corrected chi connectivity index (χ2v) is 7.57. The molecule has 1 aromatic rings. The largest absolute Gasteiger partial charge is 0.379 e. The van der Waals surface area contributed by atoms with Gasteiger partial charge in [-0.3, -0.25) is 14.6 Å². The molecule has 0 unspecified atom stereocenters. The molecule has 5 nitrogen and oxygen atoms in total. The van der Waals surface area contributed by atoms with Gasteiger partial charge in [-0.15, -0.1) is 0 Å². The molecule has 0 aliphatic carbocycles. The molecule has 0 radical (unpaired) electrons. The van der Waals surface area contributed by atoms with E-state index in [1.807, 2.05) is 17.0 Å². The van der Waals surface area contributed by atoms with Crippen molar-refractivity contribution in [2.75, 3.05) is 59.0 Å². The predicted molar refractivity (Wildman–Crippen MR) is 99.7 cm³/mol. The monoisotopic (exact) mass is 345 g/mol. The van der Waals surface area contributed by atoms with E-state index in [0.717, 1.165) is 71.1 Å². The first-order valence-electron chi connectivity index (χ1n) is 9.52. The summed E-state index contributed by atoms with van der Waals surface area (Å²) >= 11 is 0. The van der Waals surface area contributed by atoms with E-state index >= 15 is 0 Å². The second-order valence-electron chi connectivity index (χ2n) is 7.57. The summed E-state index contributed by atoms with van der Waals surface area (Å²) in [4.78, 5) is 19.6. The van der Waals surface area contributed by atoms with Gasteiger partial charge in [0.05, 0.1) is 13.2 Å². The number of hydrogen-bond donors (Lipinski definition) is 0. The fourth-order valence-corrected chi connectivity index (χ4v) is 3.60. The molecule has 2 heterocycles. The number of carbonyl (C=O) groups is 1. The van der Waals surface area contributed by atoms with E-state index in [4.69, 9.17) is 4.74 Å². The zero-order chi connectivity index (χ0) is 17.6. The van der Waals surface area contributed by atoms with Gasteiger partial charge in [-0.1, -0.05) is 26.0 Å². The molecule has 2 saturated heterocycles. The van der Waals surface area contributed by atoms with E-state index in [2.05, 4.69) is 35.8 Å². The number of hydrogen-bond acceptors (Lipinski definition) is 4. The molecule has 0 N–H and O–H groups in total. The first-order chi connectivity index (χ1) is 12.1. The maximum atomic E-state index is 12.7. The molecule has 138 valence electrons. The number of rotatable bonds is 5. The van der Waals surface area contributed by atoms with Crippen molar-refractivity contribution in [2.24, 2.45) is 5.92 Å². The van der Waals surface area contributed by atoms with Crippen LogP contribution in [0.3, 0.4) is 0 Å². The molecular weight excluding hydrogens is 314 g/mol.